The predicted molar refractivity (Wildman–Crippen MR) is 60.5 cm³/mol. The van der Waals surface area contributed by atoms with Gasteiger partial charge < -0.3 is 0 Å². The van der Waals surface area contributed by atoms with Gasteiger partial charge >= 0.3 is 84.6 Å². The van der Waals surface area contributed by atoms with Gasteiger partial charge in [-0.1, -0.05) is 0 Å². The van der Waals surface area contributed by atoms with Gasteiger partial charge in [0.1, 0.15) is 0 Å². The van der Waals surface area contributed by atoms with Crippen LogP contribution in [0.2, 0.25) is 22.0 Å². The van der Waals surface area contributed by atoms with Crippen molar-refractivity contribution in [3.05, 3.63) is 0 Å². The Morgan fingerprint density at radius 2 is 1.75 bits per heavy atom. The van der Waals surface area contributed by atoms with E-state index >= 15 is 0 Å². The minimum absolute atomic E-state index is 0.0828. The summed E-state index contributed by atoms with van der Waals surface area (Å²) in [6.45, 7) is 6.67. The fourth-order valence-corrected chi connectivity index (χ4v) is 3.54. The molecule has 0 rings (SSSR count). The summed E-state index contributed by atoms with van der Waals surface area (Å²) in [6.07, 6.45) is 1.18. The van der Waals surface area contributed by atoms with Gasteiger partial charge in [-0.25, -0.2) is 0 Å². The van der Waals surface area contributed by atoms with Crippen LogP contribution >= 0.6 is 11.8 Å². The van der Waals surface area contributed by atoms with Crippen molar-refractivity contribution in [2.45, 2.75) is 54.8 Å². The van der Waals surface area contributed by atoms with E-state index in [4.69, 9.17) is 11.8 Å². The fraction of sp³-hybridized carbons (Fsp3) is 1.00. The maximum atomic E-state index is 5.66. The van der Waals surface area contributed by atoms with Gasteiger partial charge in [0.15, 0.2) is 0 Å². The summed E-state index contributed by atoms with van der Waals surface area (Å²) in [5.74, 6) is 7.36. The predicted octanol–water partition coefficient (Wildman–Crippen LogP) is 3.63. The van der Waals surface area contributed by atoms with Crippen LogP contribution in [-0.2, 0) is 0 Å². The van der Waals surface area contributed by atoms with E-state index in [0.717, 1.165) is 4.75 Å². The van der Waals surface area contributed by atoms with Crippen LogP contribution in [0.5, 0.6) is 0 Å². The quantitative estimate of drug-likeness (QED) is 0.595. The van der Waals surface area contributed by atoms with Gasteiger partial charge in [-0.2, -0.15) is 0 Å². The van der Waals surface area contributed by atoms with Gasteiger partial charge in [-0.05, 0) is 0 Å². The molecule has 0 aromatic heterocycles. The molecule has 0 amide bonds. The van der Waals surface area contributed by atoms with Crippen molar-refractivity contribution < 1.29 is 0 Å². The van der Waals surface area contributed by atoms with E-state index in [1.807, 2.05) is 0 Å². The molecule has 0 spiro atoms. The molecule has 74 valence electrons. The second-order valence-corrected chi connectivity index (χ2v) is 17.6. The van der Waals surface area contributed by atoms with Crippen LogP contribution < -0.4 is 4.84 Å². The van der Waals surface area contributed by atoms with Gasteiger partial charge in [0.2, 0.25) is 0 Å². The molecule has 1 nitrogen and oxygen atoms in total. The van der Waals surface area contributed by atoms with E-state index in [1.165, 1.54) is 6.42 Å². The van der Waals surface area contributed by atoms with Crippen LogP contribution in [-0.4, -0.2) is 18.8 Å². The first-order chi connectivity index (χ1) is 5.19. The Hall–Kier alpha value is 0.793. The second kappa shape index (κ2) is 4.34. The summed E-state index contributed by atoms with van der Waals surface area (Å²) in [6, 6.07) is 0. The topological polar surface area (TPSA) is 12.0 Å². The monoisotopic (exact) mass is 253 g/mol. The Balaban J connectivity index is 4.09. The molecule has 0 aliphatic carbocycles. The summed E-state index contributed by atoms with van der Waals surface area (Å²) in [5, 5.41) is 0. The van der Waals surface area contributed by atoms with Crippen LogP contribution in [0.4, 0.5) is 0 Å². The molecule has 0 fully saturated rings. The van der Waals surface area contributed by atoms with Gasteiger partial charge in [0.25, 0.3) is 0 Å². The molecule has 0 saturated heterocycles. The number of nitrogens with one attached hydrogen (secondary N) is 1. The van der Waals surface area contributed by atoms with Gasteiger partial charge in [-0.3, -0.25) is 0 Å². The number of rotatable bonds is 4. The molecule has 0 aromatic carbocycles. The molecule has 0 heterocycles. The molecule has 0 saturated carbocycles. The normalized spacial score (nSPS) is 16.2. The average molecular weight is 252 g/mol. The zero-order valence-corrected chi connectivity index (χ0v) is 12.0. The third kappa shape index (κ3) is 4.73. The molecule has 0 aliphatic heterocycles. The van der Waals surface area contributed by atoms with Crippen LogP contribution in [0.3, 0.4) is 0 Å². The zero-order chi connectivity index (χ0) is 9.99. The van der Waals surface area contributed by atoms with Crippen LogP contribution in [0.1, 0.15) is 27.2 Å². The van der Waals surface area contributed by atoms with E-state index in [-0.39, 0.29) is 5.54 Å². The second-order valence-electron chi connectivity index (χ2n) is 5.45. The third-order valence-corrected chi connectivity index (χ3v) is 9.69. The van der Waals surface area contributed by atoms with E-state index < -0.39 is 13.3 Å². The molecular weight excluding hydrogens is 230 g/mol. The van der Waals surface area contributed by atoms with E-state index in [2.05, 4.69) is 42.9 Å². The molecule has 1 atom stereocenters. The molecule has 0 aliphatic rings. The summed E-state index contributed by atoms with van der Waals surface area (Å²) >= 11 is 4.20. The first-order valence-corrected chi connectivity index (χ1v) is 12.5. The van der Waals surface area contributed by atoms with Crippen molar-refractivity contribution in [1.29, 1.82) is 0 Å². The van der Waals surface area contributed by atoms with Crippen molar-refractivity contribution in [2.24, 2.45) is 0 Å². The van der Waals surface area contributed by atoms with Crippen molar-refractivity contribution in [3.8, 4) is 0 Å². The minimum atomic E-state index is -1.46. The SMILES string of the molecule is C[CH](CC(C)(C)NCl)[Ge]([CH3])([CH3])[CH3]. The molecule has 12 heavy (non-hydrogen) atoms. The van der Waals surface area contributed by atoms with Gasteiger partial charge in [-0.15, -0.1) is 0 Å². The first-order valence-electron chi connectivity index (χ1n) is 4.57. The van der Waals surface area contributed by atoms with Crippen LogP contribution in [0.15, 0.2) is 0 Å². The maximum absolute atomic E-state index is 5.66. The summed E-state index contributed by atoms with van der Waals surface area (Å²) in [4.78, 5) is 2.85. The molecule has 1 N–H and O–H groups in total. The van der Waals surface area contributed by atoms with E-state index in [9.17, 15) is 0 Å². The van der Waals surface area contributed by atoms with Crippen molar-refractivity contribution >= 4 is 25.0 Å². The standard InChI is InChI=1S/C9H22ClGeN/c1-8(11(4,5)6)7-9(2,3)12-10/h8,12H,7H2,1-6H3. The molecule has 0 bridgehead atoms. The van der Waals surface area contributed by atoms with E-state index in [0.29, 0.717) is 0 Å². The summed E-state index contributed by atoms with van der Waals surface area (Å²) in [5.41, 5.74) is 0.0828. The van der Waals surface area contributed by atoms with Crippen LogP contribution in [0.25, 0.3) is 0 Å². The van der Waals surface area contributed by atoms with Crippen molar-refractivity contribution in [3.63, 3.8) is 0 Å². The Morgan fingerprint density at radius 3 is 2.00 bits per heavy atom. The Labute approximate surface area is 84.7 Å². The number of hydrogen-bond acceptors (Lipinski definition) is 1. The van der Waals surface area contributed by atoms with Gasteiger partial charge in [0.05, 0.1) is 0 Å². The van der Waals surface area contributed by atoms with Crippen molar-refractivity contribution in [2.75, 3.05) is 0 Å². The molecule has 0 aromatic rings. The van der Waals surface area contributed by atoms with Crippen molar-refractivity contribution in [1.82, 2.24) is 4.84 Å². The number of halogens is 1. The molecule has 1 unspecified atom stereocenters. The summed E-state index contributed by atoms with van der Waals surface area (Å²) < 4.78 is 0.853. The summed E-state index contributed by atoms with van der Waals surface area (Å²) in [7, 11) is 0. The molecule has 0 radical (unpaired) electrons. The van der Waals surface area contributed by atoms with E-state index in [1.54, 1.807) is 0 Å². The molecular formula is C9H22ClGeN. The van der Waals surface area contributed by atoms with Gasteiger partial charge in [0, 0.05) is 0 Å². The first kappa shape index (κ1) is 12.8. The third-order valence-electron chi connectivity index (χ3n) is 2.55. The molecule has 3 heteroatoms. The Bertz CT molecular complexity index is 140. The number of hydrogen-bond donors (Lipinski definition) is 1. The fourth-order valence-electron chi connectivity index (χ4n) is 1.11. The average Bonchev–Trinajstić information content (AvgIpc) is 1.85. The Kier molecular flexibility index (Phi) is 4.63. The van der Waals surface area contributed by atoms with Crippen LogP contribution in [0, 0.1) is 0 Å². The zero-order valence-electron chi connectivity index (χ0n) is 9.16. The Morgan fingerprint density at radius 1 is 1.33 bits per heavy atom.